The Kier molecular flexibility index (Phi) is 3.74. The van der Waals surface area contributed by atoms with E-state index in [1.54, 1.807) is 29.8 Å². The average molecular weight is 330 g/mol. The zero-order valence-corrected chi connectivity index (χ0v) is 13.5. The topological polar surface area (TPSA) is 67.4 Å². The van der Waals surface area contributed by atoms with Crippen molar-refractivity contribution in [2.75, 3.05) is 25.0 Å². The highest BCUT2D eigenvalue weighted by Gasteiger charge is 2.47. The van der Waals surface area contributed by atoms with Gasteiger partial charge in [-0.05, 0) is 23.9 Å². The number of carbonyl (C=O) groups is 1. The lowest BCUT2D eigenvalue weighted by atomic mass is 9.97. The summed E-state index contributed by atoms with van der Waals surface area (Å²) in [7, 11) is 0. The minimum absolute atomic E-state index is 0.106. The molecular formula is C16H18N4O2S. The fourth-order valence-electron chi connectivity index (χ4n) is 3.36. The van der Waals surface area contributed by atoms with Crippen molar-refractivity contribution in [1.82, 2.24) is 14.9 Å². The van der Waals surface area contributed by atoms with Gasteiger partial charge < -0.3 is 15.0 Å². The van der Waals surface area contributed by atoms with E-state index in [1.807, 2.05) is 21.7 Å². The van der Waals surface area contributed by atoms with E-state index < -0.39 is 0 Å². The number of hydrogen-bond acceptors (Lipinski definition) is 6. The summed E-state index contributed by atoms with van der Waals surface area (Å²) >= 11 is 1.55. The molecule has 0 radical (unpaired) electrons. The maximum absolute atomic E-state index is 12.5. The molecule has 2 saturated heterocycles. The smallest absolute Gasteiger partial charge is 0.254 e. The van der Waals surface area contributed by atoms with E-state index in [-0.39, 0.29) is 17.6 Å². The Morgan fingerprint density at radius 3 is 3.09 bits per heavy atom. The quantitative estimate of drug-likeness (QED) is 0.932. The molecule has 1 amide bonds. The van der Waals surface area contributed by atoms with Crippen LogP contribution in [0.5, 0.6) is 0 Å². The van der Waals surface area contributed by atoms with Gasteiger partial charge in [0.25, 0.3) is 5.91 Å². The van der Waals surface area contributed by atoms with Crippen molar-refractivity contribution in [2.24, 2.45) is 0 Å². The lowest BCUT2D eigenvalue weighted by Crippen LogP contribution is -2.36. The first-order valence-electron chi connectivity index (χ1n) is 7.73. The number of anilines is 1. The van der Waals surface area contributed by atoms with Gasteiger partial charge in [-0.3, -0.25) is 4.79 Å². The number of aromatic nitrogens is 2. The number of rotatable bonds is 3. The Bertz CT molecular complexity index is 679. The van der Waals surface area contributed by atoms with Gasteiger partial charge in [-0.15, -0.1) is 0 Å². The number of nitrogens with one attached hydrogen (secondary N) is 1. The van der Waals surface area contributed by atoms with E-state index >= 15 is 0 Å². The Morgan fingerprint density at radius 1 is 1.43 bits per heavy atom. The molecule has 0 saturated carbocycles. The second kappa shape index (κ2) is 5.90. The molecule has 23 heavy (non-hydrogen) atoms. The molecule has 4 heterocycles. The molecule has 1 spiro atoms. The van der Waals surface area contributed by atoms with Crippen LogP contribution in [0.25, 0.3) is 0 Å². The average Bonchev–Trinajstić information content (AvgIpc) is 3.31. The van der Waals surface area contributed by atoms with Crippen LogP contribution in [0.3, 0.4) is 0 Å². The van der Waals surface area contributed by atoms with Gasteiger partial charge in [0, 0.05) is 30.7 Å². The largest absolute Gasteiger partial charge is 0.371 e. The molecule has 0 bridgehead atoms. The summed E-state index contributed by atoms with van der Waals surface area (Å²) < 4.78 is 6.07. The number of likely N-dealkylation sites (tertiary alicyclic amines) is 1. The molecule has 2 aromatic heterocycles. The molecule has 2 fully saturated rings. The number of hydrogen-bond donors (Lipinski definition) is 1. The van der Waals surface area contributed by atoms with Crippen molar-refractivity contribution in [2.45, 2.75) is 24.5 Å². The summed E-state index contributed by atoms with van der Waals surface area (Å²) in [6.45, 7) is 2.04. The minimum atomic E-state index is -0.224. The second-order valence-corrected chi connectivity index (χ2v) is 6.88. The van der Waals surface area contributed by atoms with E-state index in [0.29, 0.717) is 19.1 Å². The van der Waals surface area contributed by atoms with Crippen LogP contribution in [0.4, 0.5) is 5.95 Å². The predicted octanol–water partition coefficient (Wildman–Crippen LogP) is 2.02. The summed E-state index contributed by atoms with van der Waals surface area (Å²) in [6, 6.07) is 3.86. The molecule has 120 valence electrons. The molecular weight excluding hydrogens is 312 g/mol. The first-order chi connectivity index (χ1) is 11.2. The van der Waals surface area contributed by atoms with Crippen molar-refractivity contribution in [1.29, 1.82) is 0 Å². The van der Waals surface area contributed by atoms with Crippen LogP contribution in [0.2, 0.25) is 0 Å². The van der Waals surface area contributed by atoms with Crippen molar-refractivity contribution in [3.63, 3.8) is 0 Å². The zero-order chi connectivity index (χ0) is 15.7. The summed E-state index contributed by atoms with van der Waals surface area (Å²) in [5.41, 5.74) is 0.551. The highest BCUT2D eigenvalue weighted by Crippen LogP contribution is 2.36. The predicted molar refractivity (Wildman–Crippen MR) is 87.6 cm³/mol. The minimum Gasteiger partial charge on any atom is -0.371 e. The molecule has 0 aromatic carbocycles. The Hall–Kier alpha value is -1.99. The van der Waals surface area contributed by atoms with Gasteiger partial charge in [-0.25, -0.2) is 9.97 Å². The van der Waals surface area contributed by atoms with E-state index in [9.17, 15) is 4.79 Å². The van der Waals surface area contributed by atoms with E-state index in [0.717, 1.165) is 24.9 Å². The van der Waals surface area contributed by atoms with Gasteiger partial charge in [0.15, 0.2) is 0 Å². The van der Waals surface area contributed by atoms with Gasteiger partial charge in [0.05, 0.1) is 30.4 Å². The van der Waals surface area contributed by atoms with Gasteiger partial charge in [0.1, 0.15) is 0 Å². The van der Waals surface area contributed by atoms with E-state index in [1.165, 1.54) is 0 Å². The maximum Gasteiger partial charge on any atom is 0.254 e. The monoisotopic (exact) mass is 330 g/mol. The van der Waals surface area contributed by atoms with Crippen molar-refractivity contribution >= 4 is 23.2 Å². The van der Waals surface area contributed by atoms with Gasteiger partial charge >= 0.3 is 0 Å². The number of carbonyl (C=O) groups excluding carboxylic acids is 1. The summed E-state index contributed by atoms with van der Waals surface area (Å²) in [5, 5.41) is 7.15. The van der Waals surface area contributed by atoms with Gasteiger partial charge in [0.2, 0.25) is 5.95 Å². The Balaban J connectivity index is 1.38. The van der Waals surface area contributed by atoms with E-state index in [4.69, 9.17) is 4.74 Å². The molecule has 2 atom stereocenters. The molecule has 6 nitrogen and oxygen atoms in total. The Morgan fingerprint density at radius 2 is 2.30 bits per heavy atom. The lowest BCUT2D eigenvalue weighted by Gasteiger charge is -2.23. The molecule has 0 aliphatic carbocycles. The van der Waals surface area contributed by atoms with Crippen LogP contribution in [-0.2, 0) is 4.74 Å². The van der Waals surface area contributed by atoms with Crippen LogP contribution < -0.4 is 5.32 Å². The number of amides is 1. The van der Waals surface area contributed by atoms with Crippen LogP contribution in [0.1, 0.15) is 23.2 Å². The summed E-state index contributed by atoms with van der Waals surface area (Å²) in [5.74, 6) is 0.733. The third-order valence-electron chi connectivity index (χ3n) is 4.48. The molecule has 4 rings (SSSR count). The highest BCUT2D eigenvalue weighted by atomic mass is 32.1. The highest BCUT2D eigenvalue weighted by molar-refractivity contribution is 7.08. The fourth-order valence-corrected chi connectivity index (χ4v) is 3.99. The first kappa shape index (κ1) is 14.6. The number of nitrogens with zero attached hydrogens (tertiary/aromatic N) is 3. The number of thiophene rings is 1. The van der Waals surface area contributed by atoms with Crippen LogP contribution in [-0.4, -0.2) is 52.1 Å². The molecule has 0 unspecified atom stereocenters. The summed E-state index contributed by atoms with van der Waals surface area (Å²) in [6.07, 6.45) is 5.20. The van der Waals surface area contributed by atoms with Crippen LogP contribution in [0, 0.1) is 0 Å². The van der Waals surface area contributed by atoms with Crippen molar-refractivity contribution in [3.05, 3.63) is 40.8 Å². The molecule has 7 heteroatoms. The molecule has 2 aliphatic heterocycles. The normalized spacial score (nSPS) is 26.8. The lowest BCUT2D eigenvalue weighted by molar-refractivity contribution is 0.0125. The van der Waals surface area contributed by atoms with Crippen LogP contribution in [0.15, 0.2) is 35.3 Å². The second-order valence-electron chi connectivity index (χ2n) is 6.10. The standard InChI is InChI=1S/C16H18N4O2S/c21-14(12-2-7-23-10-12)20-6-3-16(11-20)8-13(9-22-16)19-15-17-4-1-5-18-15/h1-2,4-5,7,10,13H,3,6,8-9,11H2,(H,17,18,19)/t13-,16-/m1/s1. The molecule has 2 aromatic rings. The van der Waals surface area contributed by atoms with Crippen molar-refractivity contribution < 1.29 is 9.53 Å². The maximum atomic E-state index is 12.5. The molecule has 2 aliphatic rings. The Labute approximate surface area is 138 Å². The van der Waals surface area contributed by atoms with Crippen LogP contribution >= 0.6 is 11.3 Å². The summed E-state index contributed by atoms with van der Waals surface area (Å²) in [4.78, 5) is 22.8. The third-order valence-corrected chi connectivity index (χ3v) is 5.16. The zero-order valence-electron chi connectivity index (χ0n) is 12.6. The third kappa shape index (κ3) is 2.94. The molecule has 1 N–H and O–H groups in total. The SMILES string of the molecule is O=C(c1ccsc1)N1CC[C@@]2(C[C@@H](Nc3ncccn3)CO2)C1. The number of ether oxygens (including phenoxy) is 1. The van der Waals surface area contributed by atoms with Gasteiger partial charge in [-0.1, -0.05) is 0 Å². The van der Waals surface area contributed by atoms with E-state index in [2.05, 4.69) is 15.3 Å². The fraction of sp³-hybridized carbons (Fsp3) is 0.438. The van der Waals surface area contributed by atoms with Crippen molar-refractivity contribution in [3.8, 4) is 0 Å². The van der Waals surface area contributed by atoms with Gasteiger partial charge in [-0.2, -0.15) is 11.3 Å². The first-order valence-corrected chi connectivity index (χ1v) is 8.67.